The molecule has 0 bridgehead atoms. The predicted molar refractivity (Wildman–Crippen MR) is 140 cm³/mol. The van der Waals surface area contributed by atoms with Crippen LogP contribution < -0.4 is 21.3 Å². The van der Waals surface area contributed by atoms with Crippen molar-refractivity contribution in [3.63, 3.8) is 0 Å². The lowest BCUT2D eigenvalue weighted by molar-refractivity contribution is -0.114. The second-order valence-corrected chi connectivity index (χ2v) is 9.01. The van der Waals surface area contributed by atoms with Gasteiger partial charge in [-0.05, 0) is 39.2 Å². The molecule has 13 nitrogen and oxygen atoms in total. The van der Waals surface area contributed by atoms with Gasteiger partial charge in [-0.25, -0.2) is 4.98 Å². The second kappa shape index (κ2) is 11.6. The van der Waals surface area contributed by atoms with Gasteiger partial charge in [-0.3, -0.25) is 19.2 Å². The summed E-state index contributed by atoms with van der Waals surface area (Å²) < 4.78 is 4.71. The number of rotatable bonds is 10. The zero-order valence-corrected chi connectivity index (χ0v) is 21.9. The van der Waals surface area contributed by atoms with Gasteiger partial charge < -0.3 is 39.9 Å². The number of hydrogen-bond donors (Lipinski definition) is 4. The van der Waals surface area contributed by atoms with Gasteiger partial charge in [0.25, 0.3) is 17.7 Å². The summed E-state index contributed by atoms with van der Waals surface area (Å²) in [5.41, 5.74) is 1.53. The van der Waals surface area contributed by atoms with E-state index in [-0.39, 0.29) is 29.2 Å². The van der Waals surface area contributed by atoms with Gasteiger partial charge in [-0.2, -0.15) is 0 Å². The Balaban J connectivity index is 1.63. The molecule has 4 amide bonds. The SMILES string of the molecule is CC(=O)Nc1cc(C(=O)Nc2cc(C(=O)Nc3cn(C)c(C(=O)NCCCN(C)C)n3)n(C)c2)n(C)c1. The van der Waals surface area contributed by atoms with Crippen LogP contribution in [0.1, 0.15) is 44.9 Å². The summed E-state index contributed by atoms with van der Waals surface area (Å²) in [4.78, 5) is 55.6. The molecule has 0 unspecified atom stereocenters. The van der Waals surface area contributed by atoms with E-state index in [2.05, 4.69) is 26.3 Å². The summed E-state index contributed by atoms with van der Waals surface area (Å²) in [6.07, 6.45) is 5.60. The first-order valence-electron chi connectivity index (χ1n) is 11.6. The van der Waals surface area contributed by atoms with Gasteiger partial charge in [0.05, 0.1) is 11.4 Å². The van der Waals surface area contributed by atoms with Gasteiger partial charge in [0.15, 0.2) is 5.82 Å². The number of nitrogens with zero attached hydrogens (tertiary/aromatic N) is 5. The molecule has 0 fully saturated rings. The van der Waals surface area contributed by atoms with Crippen LogP contribution in [0.5, 0.6) is 0 Å². The molecule has 0 atom stereocenters. The molecule has 0 aliphatic rings. The lowest BCUT2D eigenvalue weighted by Gasteiger charge is -2.09. The van der Waals surface area contributed by atoms with Crippen LogP contribution in [0.25, 0.3) is 0 Å². The molecule has 0 aliphatic carbocycles. The van der Waals surface area contributed by atoms with Crippen LogP contribution in [0, 0.1) is 0 Å². The van der Waals surface area contributed by atoms with Crippen molar-refractivity contribution in [2.24, 2.45) is 21.1 Å². The molecule has 0 saturated carbocycles. The van der Waals surface area contributed by atoms with Gasteiger partial charge in [0, 0.05) is 53.2 Å². The summed E-state index contributed by atoms with van der Waals surface area (Å²) in [6, 6.07) is 3.09. The first-order valence-corrected chi connectivity index (χ1v) is 11.6. The molecule has 0 radical (unpaired) electrons. The van der Waals surface area contributed by atoms with Crippen molar-refractivity contribution >= 4 is 40.8 Å². The Morgan fingerprint density at radius 1 is 0.811 bits per heavy atom. The Bertz CT molecular complexity index is 1320. The van der Waals surface area contributed by atoms with Crippen molar-refractivity contribution in [3.8, 4) is 0 Å². The lowest BCUT2D eigenvalue weighted by Crippen LogP contribution is -2.29. The Labute approximate surface area is 214 Å². The maximum absolute atomic E-state index is 12.9. The molecule has 3 rings (SSSR count). The van der Waals surface area contributed by atoms with Crippen molar-refractivity contribution in [3.05, 3.63) is 47.9 Å². The van der Waals surface area contributed by atoms with E-state index in [4.69, 9.17) is 0 Å². The average Bonchev–Trinajstić information content (AvgIpc) is 3.46. The standard InChI is InChI=1S/C24H33N9O4/c1-15(34)26-16-10-18(31(4)12-16)22(35)27-17-11-19(32(5)13-17)23(36)29-20-14-33(6)21(28-20)24(37)25-8-7-9-30(2)3/h10-14H,7-9H2,1-6H3,(H,25,37)(H,26,34)(H,27,35)(H,29,36). The minimum absolute atomic E-state index is 0.182. The largest absolute Gasteiger partial charge is 0.349 e. The van der Waals surface area contributed by atoms with E-state index in [1.807, 2.05) is 19.0 Å². The third-order valence-electron chi connectivity index (χ3n) is 5.44. The van der Waals surface area contributed by atoms with Crippen molar-refractivity contribution in [1.82, 2.24) is 28.9 Å². The molecule has 0 aliphatic heterocycles. The van der Waals surface area contributed by atoms with Crippen LogP contribution in [-0.2, 0) is 25.9 Å². The van der Waals surface area contributed by atoms with E-state index < -0.39 is 11.8 Å². The van der Waals surface area contributed by atoms with Gasteiger partial charge in [0.1, 0.15) is 11.4 Å². The summed E-state index contributed by atoms with van der Waals surface area (Å²) in [6.45, 7) is 2.75. The highest BCUT2D eigenvalue weighted by Crippen LogP contribution is 2.18. The fourth-order valence-corrected chi connectivity index (χ4v) is 3.71. The number of imidazole rings is 1. The number of hydrogen-bond acceptors (Lipinski definition) is 6. The normalized spacial score (nSPS) is 10.9. The third kappa shape index (κ3) is 7.07. The monoisotopic (exact) mass is 511 g/mol. The number of amides is 4. The van der Waals surface area contributed by atoms with E-state index in [0.717, 1.165) is 13.0 Å². The Hall–Kier alpha value is -4.39. The van der Waals surface area contributed by atoms with E-state index in [0.29, 0.717) is 23.6 Å². The molecule has 198 valence electrons. The van der Waals surface area contributed by atoms with E-state index in [1.54, 1.807) is 59.5 Å². The van der Waals surface area contributed by atoms with Crippen LogP contribution in [0.3, 0.4) is 0 Å². The summed E-state index contributed by atoms with van der Waals surface area (Å²) in [5.74, 6) is -1.01. The quantitative estimate of drug-likeness (QED) is 0.301. The van der Waals surface area contributed by atoms with Gasteiger partial charge in [-0.1, -0.05) is 0 Å². The fraction of sp³-hybridized carbons (Fsp3) is 0.375. The molecule has 0 aromatic carbocycles. The summed E-state index contributed by atoms with van der Waals surface area (Å²) in [7, 11) is 8.97. The summed E-state index contributed by atoms with van der Waals surface area (Å²) >= 11 is 0. The topological polar surface area (TPSA) is 147 Å². The highest BCUT2D eigenvalue weighted by molar-refractivity contribution is 6.07. The van der Waals surface area contributed by atoms with Crippen LogP contribution in [0.2, 0.25) is 0 Å². The van der Waals surface area contributed by atoms with Crippen LogP contribution in [-0.4, -0.2) is 74.4 Å². The Kier molecular flexibility index (Phi) is 8.50. The molecular formula is C24H33N9O4. The van der Waals surface area contributed by atoms with Gasteiger partial charge in [0.2, 0.25) is 11.7 Å². The van der Waals surface area contributed by atoms with Crippen molar-refractivity contribution in [2.45, 2.75) is 13.3 Å². The number of anilines is 3. The van der Waals surface area contributed by atoms with E-state index in [1.165, 1.54) is 13.0 Å². The Morgan fingerprint density at radius 2 is 1.38 bits per heavy atom. The van der Waals surface area contributed by atoms with E-state index in [9.17, 15) is 19.2 Å². The summed E-state index contributed by atoms with van der Waals surface area (Å²) in [5, 5.41) is 10.9. The molecule has 37 heavy (non-hydrogen) atoms. The molecule has 0 spiro atoms. The molecule has 3 aromatic rings. The maximum Gasteiger partial charge on any atom is 0.287 e. The maximum atomic E-state index is 12.9. The zero-order chi connectivity index (χ0) is 27.3. The molecular weight excluding hydrogens is 478 g/mol. The van der Waals surface area contributed by atoms with Crippen molar-refractivity contribution in [1.29, 1.82) is 0 Å². The number of carbonyl (C=O) groups excluding carboxylic acids is 4. The van der Waals surface area contributed by atoms with Crippen LogP contribution in [0.4, 0.5) is 17.2 Å². The molecule has 13 heteroatoms. The second-order valence-electron chi connectivity index (χ2n) is 9.01. The number of aryl methyl sites for hydroxylation is 3. The highest BCUT2D eigenvalue weighted by atomic mass is 16.2. The lowest BCUT2D eigenvalue weighted by atomic mass is 10.3. The number of aromatic nitrogens is 4. The first kappa shape index (κ1) is 27.2. The number of nitrogens with one attached hydrogen (secondary N) is 4. The van der Waals surface area contributed by atoms with Crippen LogP contribution >= 0.6 is 0 Å². The minimum atomic E-state index is -0.453. The predicted octanol–water partition coefficient (Wildman–Crippen LogP) is 1.24. The highest BCUT2D eigenvalue weighted by Gasteiger charge is 2.19. The smallest absolute Gasteiger partial charge is 0.287 e. The zero-order valence-electron chi connectivity index (χ0n) is 21.9. The number of carbonyl (C=O) groups is 4. The minimum Gasteiger partial charge on any atom is -0.349 e. The van der Waals surface area contributed by atoms with E-state index >= 15 is 0 Å². The molecule has 3 heterocycles. The van der Waals surface area contributed by atoms with Crippen molar-refractivity contribution < 1.29 is 19.2 Å². The van der Waals surface area contributed by atoms with Gasteiger partial charge in [-0.15, -0.1) is 0 Å². The molecule has 3 aromatic heterocycles. The van der Waals surface area contributed by atoms with Gasteiger partial charge >= 0.3 is 0 Å². The third-order valence-corrected chi connectivity index (χ3v) is 5.44. The average molecular weight is 512 g/mol. The first-order chi connectivity index (χ1) is 17.4. The fourth-order valence-electron chi connectivity index (χ4n) is 3.71. The van der Waals surface area contributed by atoms with Crippen molar-refractivity contribution in [2.75, 3.05) is 43.1 Å². The molecule has 4 N–H and O–H groups in total. The van der Waals surface area contributed by atoms with Crippen LogP contribution in [0.15, 0.2) is 30.7 Å². The Morgan fingerprint density at radius 3 is 1.95 bits per heavy atom. The molecule has 0 saturated heterocycles.